The molecule has 1 saturated heterocycles. The summed E-state index contributed by atoms with van der Waals surface area (Å²) in [5, 5.41) is 18.0. The van der Waals surface area contributed by atoms with Crippen LogP contribution in [0.25, 0.3) is 0 Å². The van der Waals surface area contributed by atoms with Gasteiger partial charge in [0.15, 0.2) is 5.16 Å². The molecule has 0 amide bonds. The summed E-state index contributed by atoms with van der Waals surface area (Å²) in [6.45, 7) is 0. The molecule has 0 spiro atoms. The van der Waals surface area contributed by atoms with Gasteiger partial charge in [-0.3, -0.25) is 4.79 Å². The average Bonchev–Trinajstić information content (AvgIpc) is 2.91. The Morgan fingerprint density at radius 1 is 1.44 bits per heavy atom. The molecule has 1 atom stereocenters. The molecule has 0 bridgehead atoms. The van der Waals surface area contributed by atoms with Crippen LogP contribution in [0, 0.1) is 0 Å². The van der Waals surface area contributed by atoms with Crippen LogP contribution < -0.4 is 0 Å². The summed E-state index contributed by atoms with van der Waals surface area (Å²) in [6, 6.07) is 0.455. The zero-order valence-corrected chi connectivity index (χ0v) is 11.5. The first kappa shape index (κ1) is 12.3. The molecule has 7 heteroatoms. The standard InChI is InChI=1S/C11H15N3O2S2/c15-9(16)6-18-11-13-12-10(7-1-2-7)14(11)8-3-4-17-5-8/h7-8H,1-6H2,(H,15,16). The van der Waals surface area contributed by atoms with E-state index in [-0.39, 0.29) is 5.75 Å². The van der Waals surface area contributed by atoms with Crippen molar-refractivity contribution in [2.75, 3.05) is 17.3 Å². The van der Waals surface area contributed by atoms with Gasteiger partial charge in [-0.05, 0) is 25.0 Å². The predicted octanol–water partition coefficient (Wildman–Crippen LogP) is 2.01. The molecule has 98 valence electrons. The second-order valence-electron chi connectivity index (χ2n) is 4.68. The van der Waals surface area contributed by atoms with Gasteiger partial charge in [0.25, 0.3) is 0 Å². The lowest BCUT2D eigenvalue weighted by Gasteiger charge is -2.15. The number of carbonyl (C=O) groups is 1. The van der Waals surface area contributed by atoms with Crippen molar-refractivity contribution < 1.29 is 9.90 Å². The van der Waals surface area contributed by atoms with Crippen molar-refractivity contribution in [2.45, 2.75) is 36.4 Å². The first-order valence-electron chi connectivity index (χ1n) is 6.13. The molecule has 1 aromatic rings. The van der Waals surface area contributed by atoms with Crippen molar-refractivity contribution in [1.82, 2.24) is 14.8 Å². The predicted molar refractivity (Wildman–Crippen MR) is 71.3 cm³/mol. The van der Waals surface area contributed by atoms with Gasteiger partial charge in [0.05, 0.1) is 5.75 Å². The summed E-state index contributed by atoms with van der Waals surface area (Å²) >= 11 is 3.24. The lowest BCUT2D eigenvalue weighted by Crippen LogP contribution is -2.13. The average molecular weight is 285 g/mol. The molecule has 0 radical (unpaired) electrons. The van der Waals surface area contributed by atoms with Gasteiger partial charge in [0, 0.05) is 17.7 Å². The molecule has 18 heavy (non-hydrogen) atoms. The molecule has 2 fully saturated rings. The van der Waals surface area contributed by atoms with Crippen LogP contribution in [0.1, 0.15) is 37.0 Å². The smallest absolute Gasteiger partial charge is 0.313 e. The van der Waals surface area contributed by atoms with Crippen LogP contribution in [-0.4, -0.2) is 43.1 Å². The molecular formula is C11H15N3O2S2. The Labute approximate surface area is 114 Å². The molecule has 5 nitrogen and oxygen atoms in total. The van der Waals surface area contributed by atoms with Crippen molar-refractivity contribution in [3.05, 3.63) is 5.82 Å². The Hall–Kier alpha value is -0.690. The second-order valence-corrected chi connectivity index (χ2v) is 6.78. The maximum Gasteiger partial charge on any atom is 0.313 e. The van der Waals surface area contributed by atoms with Gasteiger partial charge < -0.3 is 9.67 Å². The van der Waals surface area contributed by atoms with E-state index in [4.69, 9.17) is 5.11 Å². The fourth-order valence-electron chi connectivity index (χ4n) is 2.20. The van der Waals surface area contributed by atoms with Gasteiger partial charge in [-0.25, -0.2) is 0 Å². The third-order valence-electron chi connectivity index (χ3n) is 3.23. The van der Waals surface area contributed by atoms with Crippen LogP contribution >= 0.6 is 23.5 Å². The van der Waals surface area contributed by atoms with Crippen molar-refractivity contribution in [2.24, 2.45) is 0 Å². The van der Waals surface area contributed by atoms with Crippen LogP contribution in [0.5, 0.6) is 0 Å². The molecule has 0 aromatic carbocycles. The van der Waals surface area contributed by atoms with E-state index in [0.29, 0.717) is 12.0 Å². The van der Waals surface area contributed by atoms with E-state index in [0.717, 1.165) is 23.2 Å². The zero-order chi connectivity index (χ0) is 12.5. The van der Waals surface area contributed by atoms with E-state index in [9.17, 15) is 4.79 Å². The van der Waals surface area contributed by atoms with Gasteiger partial charge in [-0.15, -0.1) is 10.2 Å². The monoisotopic (exact) mass is 285 g/mol. The molecule has 1 aliphatic heterocycles. The van der Waals surface area contributed by atoms with Crippen LogP contribution in [0.4, 0.5) is 0 Å². The fraction of sp³-hybridized carbons (Fsp3) is 0.727. The van der Waals surface area contributed by atoms with E-state index in [1.807, 2.05) is 11.8 Å². The second kappa shape index (κ2) is 5.13. The molecule has 3 rings (SSSR count). The number of aromatic nitrogens is 3. The Bertz CT molecular complexity index is 453. The lowest BCUT2D eigenvalue weighted by atomic mass is 10.2. The number of rotatable bonds is 5. The van der Waals surface area contributed by atoms with Gasteiger partial charge in [0.1, 0.15) is 5.82 Å². The minimum absolute atomic E-state index is 0.0582. The summed E-state index contributed by atoms with van der Waals surface area (Å²) in [5.74, 6) is 3.16. The molecule has 2 aliphatic rings. The minimum atomic E-state index is -0.802. The van der Waals surface area contributed by atoms with E-state index in [1.165, 1.54) is 30.4 Å². The highest BCUT2D eigenvalue weighted by Gasteiger charge is 2.33. The number of carboxylic acid groups (broad SMARTS) is 1. The quantitative estimate of drug-likeness (QED) is 0.835. The summed E-state index contributed by atoms with van der Waals surface area (Å²) < 4.78 is 2.21. The SMILES string of the molecule is O=C(O)CSc1nnc(C2CC2)n1C1CCSC1. The van der Waals surface area contributed by atoms with Crippen molar-refractivity contribution in [1.29, 1.82) is 0 Å². The normalized spacial score (nSPS) is 23.4. The largest absolute Gasteiger partial charge is 0.481 e. The first-order chi connectivity index (χ1) is 8.75. The highest BCUT2D eigenvalue weighted by molar-refractivity contribution is 8.00. The Kier molecular flexibility index (Phi) is 3.52. The maximum absolute atomic E-state index is 10.7. The van der Waals surface area contributed by atoms with E-state index in [2.05, 4.69) is 14.8 Å². The number of nitrogens with zero attached hydrogens (tertiary/aromatic N) is 3. The summed E-state index contributed by atoms with van der Waals surface area (Å²) in [4.78, 5) is 10.7. The number of hydrogen-bond donors (Lipinski definition) is 1. The molecular weight excluding hydrogens is 270 g/mol. The zero-order valence-electron chi connectivity index (χ0n) is 9.91. The molecule has 1 saturated carbocycles. The Morgan fingerprint density at radius 2 is 2.28 bits per heavy atom. The van der Waals surface area contributed by atoms with Crippen molar-refractivity contribution in [3.8, 4) is 0 Å². The summed E-state index contributed by atoms with van der Waals surface area (Å²) in [7, 11) is 0. The maximum atomic E-state index is 10.7. The lowest BCUT2D eigenvalue weighted by molar-refractivity contribution is -0.133. The summed E-state index contributed by atoms with van der Waals surface area (Å²) in [6.07, 6.45) is 3.53. The first-order valence-corrected chi connectivity index (χ1v) is 8.27. The molecule has 1 N–H and O–H groups in total. The minimum Gasteiger partial charge on any atom is -0.481 e. The summed E-state index contributed by atoms with van der Waals surface area (Å²) in [5.41, 5.74) is 0. The van der Waals surface area contributed by atoms with Gasteiger partial charge in [-0.2, -0.15) is 11.8 Å². The fourth-order valence-corrected chi connectivity index (χ4v) is 4.13. The molecule has 1 aromatic heterocycles. The van der Waals surface area contributed by atoms with E-state index < -0.39 is 5.97 Å². The van der Waals surface area contributed by atoms with Crippen LogP contribution in [-0.2, 0) is 4.79 Å². The third-order valence-corrected chi connectivity index (χ3v) is 5.30. The molecule has 2 heterocycles. The van der Waals surface area contributed by atoms with E-state index >= 15 is 0 Å². The van der Waals surface area contributed by atoms with Crippen LogP contribution in [0.3, 0.4) is 0 Å². The number of carboxylic acids is 1. The third kappa shape index (κ3) is 2.51. The number of hydrogen-bond acceptors (Lipinski definition) is 5. The number of aliphatic carboxylic acids is 1. The Balaban J connectivity index is 1.85. The topological polar surface area (TPSA) is 68.0 Å². The highest BCUT2D eigenvalue weighted by Crippen LogP contribution is 2.43. The highest BCUT2D eigenvalue weighted by atomic mass is 32.2. The molecule has 1 aliphatic carbocycles. The van der Waals surface area contributed by atoms with Gasteiger partial charge >= 0.3 is 5.97 Å². The van der Waals surface area contributed by atoms with E-state index in [1.54, 1.807) is 0 Å². The molecule has 1 unspecified atom stereocenters. The van der Waals surface area contributed by atoms with Crippen molar-refractivity contribution >= 4 is 29.5 Å². The van der Waals surface area contributed by atoms with Crippen LogP contribution in [0.2, 0.25) is 0 Å². The van der Waals surface area contributed by atoms with Gasteiger partial charge in [0.2, 0.25) is 0 Å². The number of thioether (sulfide) groups is 2. The van der Waals surface area contributed by atoms with Crippen molar-refractivity contribution in [3.63, 3.8) is 0 Å². The van der Waals surface area contributed by atoms with Gasteiger partial charge in [-0.1, -0.05) is 11.8 Å². The van der Waals surface area contributed by atoms with Crippen LogP contribution in [0.15, 0.2) is 5.16 Å². The Morgan fingerprint density at radius 3 is 2.89 bits per heavy atom.